The van der Waals surface area contributed by atoms with Crippen molar-refractivity contribution in [3.05, 3.63) is 48.0 Å². The number of aliphatic hydroxyl groups excluding tert-OH is 1. The number of carbonyl (C=O) groups is 1. The predicted molar refractivity (Wildman–Crippen MR) is 90.5 cm³/mol. The molecule has 6 heteroatoms. The first kappa shape index (κ1) is 18.1. The molecular weight excluding hydrogens is 309 g/mol. The van der Waals surface area contributed by atoms with E-state index < -0.39 is 11.5 Å². The number of hydrogen-bond donors (Lipinski definition) is 2. The van der Waals surface area contributed by atoms with Gasteiger partial charge < -0.3 is 10.4 Å². The fourth-order valence-electron chi connectivity index (χ4n) is 2.61. The van der Waals surface area contributed by atoms with Gasteiger partial charge in [0.15, 0.2) is 5.69 Å². The number of nitrogens with zero attached hydrogens (tertiary/aromatic N) is 2. The lowest BCUT2D eigenvalue weighted by Gasteiger charge is -2.33. The minimum Gasteiger partial charge on any atom is -0.392 e. The smallest absolute Gasteiger partial charge is 0.271 e. The molecule has 2 aromatic rings. The third-order valence-corrected chi connectivity index (χ3v) is 4.03. The monoisotopic (exact) mass is 333 g/mol. The van der Waals surface area contributed by atoms with E-state index in [1.54, 1.807) is 24.4 Å². The molecule has 130 valence electrons. The Morgan fingerprint density at radius 3 is 2.71 bits per heavy atom. The molecule has 24 heavy (non-hydrogen) atoms. The van der Waals surface area contributed by atoms with E-state index >= 15 is 0 Å². The van der Waals surface area contributed by atoms with Crippen molar-refractivity contribution in [1.82, 2.24) is 15.1 Å². The molecule has 1 aromatic carbocycles. The van der Waals surface area contributed by atoms with Crippen LogP contribution >= 0.6 is 0 Å². The Morgan fingerprint density at radius 1 is 1.38 bits per heavy atom. The van der Waals surface area contributed by atoms with Crippen molar-refractivity contribution in [1.29, 1.82) is 0 Å². The lowest BCUT2D eigenvalue weighted by Crippen LogP contribution is -2.43. The maximum absolute atomic E-state index is 13.3. The summed E-state index contributed by atoms with van der Waals surface area (Å²) in [4.78, 5) is 12.3. The van der Waals surface area contributed by atoms with Crippen LogP contribution in [0.15, 0.2) is 36.5 Å². The number of aromatic nitrogens is 2. The zero-order valence-corrected chi connectivity index (χ0v) is 14.5. The van der Waals surface area contributed by atoms with E-state index in [-0.39, 0.29) is 23.3 Å². The van der Waals surface area contributed by atoms with Gasteiger partial charge in [-0.05, 0) is 30.2 Å². The predicted octanol–water partition coefficient (Wildman–Crippen LogP) is 2.78. The molecule has 0 aliphatic rings. The Labute approximate surface area is 141 Å². The summed E-state index contributed by atoms with van der Waals surface area (Å²) in [6.07, 6.45) is 1.08. The fourth-order valence-corrected chi connectivity index (χ4v) is 2.61. The maximum atomic E-state index is 13.3. The summed E-state index contributed by atoms with van der Waals surface area (Å²) < 4.78 is 14.7. The van der Waals surface area contributed by atoms with Gasteiger partial charge in [0, 0.05) is 18.2 Å². The van der Waals surface area contributed by atoms with Crippen LogP contribution < -0.4 is 5.32 Å². The van der Waals surface area contributed by atoms with E-state index in [4.69, 9.17) is 0 Å². The largest absolute Gasteiger partial charge is 0.392 e. The number of rotatable bonds is 6. The summed E-state index contributed by atoms with van der Waals surface area (Å²) in [5.41, 5.74) is 0.341. The molecule has 0 bridgehead atoms. The Hall–Kier alpha value is -2.21. The van der Waals surface area contributed by atoms with Crippen LogP contribution in [0.5, 0.6) is 0 Å². The number of benzene rings is 1. The van der Waals surface area contributed by atoms with Crippen molar-refractivity contribution in [3.63, 3.8) is 0 Å². The van der Waals surface area contributed by atoms with Crippen LogP contribution in [-0.4, -0.2) is 33.4 Å². The first-order chi connectivity index (χ1) is 11.2. The molecule has 0 radical (unpaired) electrons. The van der Waals surface area contributed by atoms with Crippen molar-refractivity contribution in [2.45, 2.75) is 33.8 Å². The molecule has 2 rings (SSSR count). The second kappa shape index (κ2) is 7.13. The molecule has 2 N–H and O–H groups in total. The van der Waals surface area contributed by atoms with Gasteiger partial charge in [-0.2, -0.15) is 5.10 Å². The highest BCUT2D eigenvalue weighted by Gasteiger charge is 2.30. The molecule has 1 atom stereocenters. The summed E-state index contributed by atoms with van der Waals surface area (Å²) in [7, 11) is 0. The minimum absolute atomic E-state index is 0.101. The van der Waals surface area contributed by atoms with Gasteiger partial charge in [-0.25, -0.2) is 9.07 Å². The average molecular weight is 333 g/mol. The molecular formula is C18H24FN3O2. The first-order valence-electron chi connectivity index (χ1n) is 7.98. The molecule has 1 heterocycles. The second-order valence-corrected chi connectivity index (χ2v) is 6.99. The van der Waals surface area contributed by atoms with E-state index in [0.29, 0.717) is 12.2 Å². The zero-order valence-electron chi connectivity index (χ0n) is 14.5. The highest BCUT2D eigenvalue weighted by molar-refractivity contribution is 5.92. The minimum atomic E-state index is -0.525. The van der Waals surface area contributed by atoms with Crippen LogP contribution in [0.4, 0.5) is 4.39 Å². The summed E-state index contributed by atoms with van der Waals surface area (Å²) in [5, 5.41) is 17.2. The van der Waals surface area contributed by atoms with Crippen LogP contribution in [0, 0.1) is 17.2 Å². The van der Waals surface area contributed by atoms with Gasteiger partial charge in [0.25, 0.3) is 5.91 Å². The number of hydrogen-bond acceptors (Lipinski definition) is 3. The standard InChI is InChI=1S/C18H24FN3O2/c1-12(2)16(23)18(3,4)11-20-17(24)15-8-9-22(21-15)14-7-5-6-13(19)10-14/h5-10,12,16,23H,11H2,1-4H3,(H,20,24). The van der Waals surface area contributed by atoms with Crippen molar-refractivity contribution >= 4 is 5.91 Å². The Bertz CT molecular complexity index is 710. The Kier molecular flexibility index (Phi) is 5.39. The van der Waals surface area contributed by atoms with Gasteiger partial charge in [-0.15, -0.1) is 0 Å². The number of amides is 1. The molecule has 0 spiro atoms. The number of nitrogens with one attached hydrogen (secondary N) is 1. The molecule has 0 saturated carbocycles. The van der Waals surface area contributed by atoms with Crippen LogP contribution in [0.25, 0.3) is 5.69 Å². The highest BCUT2D eigenvalue weighted by Crippen LogP contribution is 2.25. The number of aliphatic hydroxyl groups is 1. The lowest BCUT2D eigenvalue weighted by atomic mass is 9.80. The normalized spacial score (nSPS) is 13.1. The van der Waals surface area contributed by atoms with E-state index in [1.807, 2.05) is 27.7 Å². The maximum Gasteiger partial charge on any atom is 0.271 e. The second-order valence-electron chi connectivity index (χ2n) is 6.99. The van der Waals surface area contributed by atoms with Gasteiger partial charge in [-0.1, -0.05) is 33.8 Å². The van der Waals surface area contributed by atoms with Crippen molar-refractivity contribution in [2.24, 2.45) is 11.3 Å². The van der Waals surface area contributed by atoms with Crippen molar-refractivity contribution in [3.8, 4) is 5.69 Å². The lowest BCUT2D eigenvalue weighted by molar-refractivity contribution is 0.0138. The quantitative estimate of drug-likeness (QED) is 0.854. The fraction of sp³-hybridized carbons (Fsp3) is 0.444. The third kappa shape index (κ3) is 4.20. The van der Waals surface area contributed by atoms with E-state index in [9.17, 15) is 14.3 Å². The van der Waals surface area contributed by atoms with Gasteiger partial charge in [0.2, 0.25) is 0 Å². The summed E-state index contributed by atoms with van der Waals surface area (Å²) in [6, 6.07) is 7.56. The van der Waals surface area contributed by atoms with E-state index in [0.717, 1.165) is 0 Å². The molecule has 5 nitrogen and oxygen atoms in total. The van der Waals surface area contributed by atoms with Crippen molar-refractivity contribution in [2.75, 3.05) is 6.54 Å². The molecule has 0 aliphatic carbocycles. The van der Waals surface area contributed by atoms with Gasteiger partial charge >= 0.3 is 0 Å². The average Bonchev–Trinajstić information content (AvgIpc) is 3.02. The summed E-state index contributed by atoms with van der Waals surface area (Å²) in [6.45, 7) is 8.02. The SMILES string of the molecule is CC(C)C(O)C(C)(C)CNC(=O)c1ccn(-c2cccc(F)c2)n1. The zero-order chi connectivity index (χ0) is 17.9. The molecule has 0 aliphatic heterocycles. The van der Waals surface area contributed by atoms with Gasteiger partial charge in [-0.3, -0.25) is 4.79 Å². The topological polar surface area (TPSA) is 67.2 Å². The summed E-state index contributed by atoms with van der Waals surface area (Å²) >= 11 is 0. The van der Waals surface area contributed by atoms with E-state index in [1.165, 1.54) is 16.8 Å². The number of carbonyl (C=O) groups excluding carboxylic acids is 1. The van der Waals surface area contributed by atoms with Crippen LogP contribution in [0.2, 0.25) is 0 Å². The molecule has 0 saturated heterocycles. The van der Waals surface area contributed by atoms with Crippen LogP contribution in [-0.2, 0) is 0 Å². The number of halogens is 1. The molecule has 1 amide bonds. The molecule has 0 fully saturated rings. The highest BCUT2D eigenvalue weighted by atomic mass is 19.1. The van der Waals surface area contributed by atoms with Crippen molar-refractivity contribution < 1.29 is 14.3 Å². The molecule has 1 aromatic heterocycles. The van der Waals surface area contributed by atoms with Gasteiger partial charge in [0.1, 0.15) is 5.82 Å². The Morgan fingerprint density at radius 2 is 2.08 bits per heavy atom. The Balaban J connectivity index is 2.04. The van der Waals surface area contributed by atoms with E-state index in [2.05, 4.69) is 10.4 Å². The van der Waals surface area contributed by atoms with Crippen LogP contribution in [0.3, 0.4) is 0 Å². The third-order valence-electron chi connectivity index (χ3n) is 4.03. The molecule has 1 unspecified atom stereocenters. The van der Waals surface area contributed by atoms with Crippen LogP contribution in [0.1, 0.15) is 38.2 Å². The first-order valence-corrected chi connectivity index (χ1v) is 7.98. The van der Waals surface area contributed by atoms with Gasteiger partial charge in [0.05, 0.1) is 11.8 Å². The summed E-state index contributed by atoms with van der Waals surface area (Å²) in [5.74, 6) is -0.586.